The molecule has 216 valence electrons. The maximum atomic E-state index is 14.5. The zero-order valence-electron chi connectivity index (χ0n) is 23.9. The van der Waals surface area contributed by atoms with Crippen molar-refractivity contribution in [1.82, 2.24) is 0 Å². The van der Waals surface area contributed by atoms with Crippen LogP contribution in [0.15, 0.2) is 36.0 Å². The number of fused-ring (bicyclic) bond motifs is 6. The molecule has 8 heteroatoms. The Morgan fingerprint density at radius 2 is 1.85 bits per heavy atom. The van der Waals surface area contributed by atoms with Crippen molar-refractivity contribution in [1.29, 1.82) is 0 Å². The highest BCUT2D eigenvalue weighted by atomic mass is 16.6. The first-order chi connectivity index (χ1) is 18.6. The zero-order valence-corrected chi connectivity index (χ0v) is 23.9. The molecule has 5 fully saturated rings. The second kappa shape index (κ2) is 7.68. The Labute approximate surface area is 234 Å². The minimum atomic E-state index is -1.19. The summed E-state index contributed by atoms with van der Waals surface area (Å²) >= 11 is 0. The van der Waals surface area contributed by atoms with Crippen molar-refractivity contribution in [2.45, 2.75) is 96.2 Å². The summed E-state index contributed by atoms with van der Waals surface area (Å²) in [6.07, 6.45) is 6.43. The van der Waals surface area contributed by atoms with Gasteiger partial charge >= 0.3 is 17.9 Å². The molecule has 2 bridgehead atoms. The van der Waals surface area contributed by atoms with Gasteiger partial charge in [-0.3, -0.25) is 9.59 Å². The highest BCUT2D eigenvalue weighted by Crippen LogP contribution is 2.80. The summed E-state index contributed by atoms with van der Waals surface area (Å²) in [5.41, 5.74) is -3.74. The zero-order chi connectivity index (χ0) is 28.8. The van der Waals surface area contributed by atoms with Gasteiger partial charge in [0.15, 0.2) is 0 Å². The third-order valence-corrected chi connectivity index (χ3v) is 12.8. The summed E-state index contributed by atoms with van der Waals surface area (Å²) in [7, 11) is 0. The number of ether oxygens (including phenoxy) is 3. The summed E-state index contributed by atoms with van der Waals surface area (Å²) in [5.74, 6) is -2.84. The van der Waals surface area contributed by atoms with Gasteiger partial charge in [-0.1, -0.05) is 37.3 Å². The molecule has 0 aromatic carbocycles. The monoisotopic (exact) mass is 552 g/mol. The van der Waals surface area contributed by atoms with Gasteiger partial charge in [-0.2, -0.15) is 0 Å². The predicted molar refractivity (Wildman–Crippen MR) is 142 cm³/mol. The Morgan fingerprint density at radius 1 is 1.12 bits per heavy atom. The van der Waals surface area contributed by atoms with Crippen LogP contribution in [-0.2, 0) is 28.6 Å². The van der Waals surface area contributed by atoms with E-state index in [1.807, 2.05) is 26.8 Å². The lowest BCUT2D eigenvalue weighted by Gasteiger charge is -2.46. The standard InChI is InChI=1S/C32H40O8/c1-15-7-8-19-21(15)24-22(20(38-17(3)33)13-29(19,5)36)32(27(35)40-24)14-31-12-11-28(32,4)25(31)23-18(9-10-30(31,6)37)16(2)26(34)39-23/h7,11-12,18-25,36-37H,2,8-10,13-14H2,1,3-6H3/t18?,19?,20-,21?,22?,23-,24+,25?,28+,29+,30+,31-,32?/m0/s1. The van der Waals surface area contributed by atoms with E-state index in [-0.39, 0.29) is 36.6 Å². The van der Waals surface area contributed by atoms with Crippen LogP contribution in [0.4, 0.5) is 0 Å². The van der Waals surface area contributed by atoms with E-state index in [0.29, 0.717) is 24.8 Å². The van der Waals surface area contributed by atoms with Gasteiger partial charge < -0.3 is 24.4 Å². The van der Waals surface area contributed by atoms with E-state index in [9.17, 15) is 24.6 Å². The van der Waals surface area contributed by atoms with Gasteiger partial charge in [-0.15, -0.1) is 0 Å². The Kier molecular flexibility index (Phi) is 5.08. The van der Waals surface area contributed by atoms with Gasteiger partial charge in [0.05, 0.1) is 22.5 Å². The summed E-state index contributed by atoms with van der Waals surface area (Å²) in [4.78, 5) is 39.9. The van der Waals surface area contributed by atoms with Gasteiger partial charge in [0, 0.05) is 53.4 Å². The van der Waals surface area contributed by atoms with Crippen LogP contribution in [0.25, 0.3) is 0 Å². The minimum absolute atomic E-state index is 0.180. The largest absolute Gasteiger partial charge is 0.462 e. The van der Waals surface area contributed by atoms with E-state index in [0.717, 1.165) is 5.57 Å². The number of hydrogen-bond donors (Lipinski definition) is 2. The second-order valence-electron chi connectivity index (χ2n) is 14.5. The van der Waals surface area contributed by atoms with Gasteiger partial charge in [-0.25, -0.2) is 4.79 Å². The van der Waals surface area contributed by atoms with Gasteiger partial charge in [0.1, 0.15) is 18.3 Å². The molecule has 1 spiro atoms. The lowest BCUT2D eigenvalue weighted by molar-refractivity contribution is -0.165. The minimum Gasteiger partial charge on any atom is -0.462 e. The van der Waals surface area contributed by atoms with E-state index < -0.39 is 69.5 Å². The van der Waals surface area contributed by atoms with E-state index in [4.69, 9.17) is 14.2 Å². The number of rotatable bonds is 1. The summed E-state index contributed by atoms with van der Waals surface area (Å²) in [6, 6.07) is 0. The molecule has 5 aliphatic carbocycles. The molecular weight excluding hydrogens is 512 g/mol. The Hall–Kier alpha value is -2.45. The van der Waals surface area contributed by atoms with Crippen molar-refractivity contribution in [2.24, 2.45) is 45.8 Å². The van der Waals surface area contributed by atoms with Crippen LogP contribution in [0.2, 0.25) is 0 Å². The normalized spacial score (nSPS) is 55.6. The molecule has 2 aliphatic heterocycles. The first-order valence-electron chi connectivity index (χ1n) is 14.7. The van der Waals surface area contributed by atoms with Crippen LogP contribution in [0.1, 0.15) is 66.7 Å². The quantitative estimate of drug-likeness (QED) is 0.220. The molecule has 3 saturated carbocycles. The molecule has 0 amide bonds. The average Bonchev–Trinajstić information content (AvgIpc) is 3.56. The molecule has 8 nitrogen and oxygen atoms in total. The summed E-state index contributed by atoms with van der Waals surface area (Å²) < 4.78 is 18.5. The van der Waals surface area contributed by atoms with Crippen LogP contribution in [0, 0.1) is 45.8 Å². The number of allylic oxidation sites excluding steroid dienone is 2. The van der Waals surface area contributed by atoms with Crippen LogP contribution < -0.4 is 0 Å². The number of esters is 3. The molecule has 2 N–H and O–H groups in total. The molecule has 0 radical (unpaired) electrons. The fraction of sp³-hybridized carbons (Fsp3) is 0.719. The van der Waals surface area contributed by atoms with E-state index in [1.54, 1.807) is 6.92 Å². The molecule has 2 saturated heterocycles. The predicted octanol–water partition coefficient (Wildman–Crippen LogP) is 3.41. The first-order valence-corrected chi connectivity index (χ1v) is 14.7. The molecule has 0 aromatic rings. The molecule has 40 heavy (non-hydrogen) atoms. The van der Waals surface area contributed by atoms with Crippen molar-refractivity contribution < 1.29 is 38.8 Å². The van der Waals surface area contributed by atoms with Gasteiger partial charge in [0.2, 0.25) is 0 Å². The Morgan fingerprint density at radius 3 is 2.55 bits per heavy atom. The summed E-state index contributed by atoms with van der Waals surface area (Å²) in [6.45, 7) is 13.1. The maximum Gasteiger partial charge on any atom is 0.334 e. The smallest absolute Gasteiger partial charge is 0.334 e. The molecule has 13 atom stereocenters. The van der Waals surface area contributed by atoms with E-state index >= 15 is 0 Å². The third kappa shape index (κ3) is 2.83. The molecule has 6 unspecified atom stereocenters. The molecule has 2 heterocycles. The van der Waals surface area contributed by atoms with E-state index in [2.05, 4.69) is 18.7 Å². The fourth-order valence-corrected chi connectivity index (χ4v) is 11.0. The van der Waals surface area contributed by atoms with Crippen molar-refractivity contribution in [3.8, 4) is 0 Å². The van der Waals surface area contributed by atoms with Crippen molar-refractivity contribution >= 4 is 17.9 Å². The molecular formula is C32H40O8. The highest BCUT2D eigenvalue weighted by Gasteiger charge is 2.84. The Bertz CT molecular complexity index is 1310. The SMILES string of the molecule is C=C1C(=O)O[C@H]2C1CC[C@@](C)(O)[C@]13C=C[C@](C)(C21)C1(C3)C(=O)O[C@@H]2C3C(C)=CCC3[C@](C)(O)C[C@H](OC(C)=O)C21. The highest BCUT2D eigenvalue weighted by molar-refractivity contribution is 5.91. The second-order valence-corrected chi connectivity index (χ2v) is 14.5. The lowest BCUT2D eigenvalue weighted by Crippen LogP contribution is -2.53. The topological polar surface area (TPSA) is 119 Å². The van der Waals surface area contributed by atoms with Gasteiger partial charge in [-0.05, 0) is 46.5 Å². The molecule has 0 aromatic heterocycles. The third-order valence-electron chi connectivity index (χ3n) is 12.8. The molecule has 7 rings (SSSR count). The van der Waals surface area contributed by atoms with Crippen molar-refractivity contribution in [2.75, 3.05) is 0 Å². The number of carbonyl (C=O) groups excluding carboxylic acids is 3. The fourth-order valence-electron chi connectivity index (χ4n) is 11.0. The average molecular weight is 553 g/mol. The number of aliphatic hydroxyl groups is 2. The van der Waals surface area contributed by atoms with Crippen LogP contribution in [0.3, 0.4) is 0 Å². The number of carbonyl (C=O) groups is 3. The number of hydrogen-bond acceptors (Lipinski definition) is 8. The van der Waals surface area contributed by atoms with E-state index in [1.165, 1.54) is 6.92 Å². The summed E-state index contributed by atoms with van der Waals surface area (Å²) in [5, 5.41) is 24.0. The van der Waals surface area contributed by atoms with Crippen LogP contribution in [0.5, 0.6) is 0 Å². The van der Waals surface area contributed by atoms with Crippen molar-refractivity contribution in [3.05, 3.63) is 36.0 Å². The van der Waals surface area contributed by atoms with Crippen molar-refractivity contribution in [3.63, 3.8) is 0 Å². The van der Waals surface area contributed by atoms with Crippen LogP contribution in [-0.4, -0.2) is 57.6 Å². The Balaban J connectivity index is 1.45. The van der Waals surface area contributed by atoms with Crippen LogP contribution >= 0.6 is 0 Å². The lowest BCUT2D eigenvalue weighted by atomic mass is 9.54. The molecule has 7 aliphatic rings. The first kappa shape index (κ1) is 26.4. The van der Waals surface area contributed by atoms with Gasteiger partial charge in [0.25, 0.3) is 0 Å². The maximum absolute atomic E-state index is 14.5.